The van der Waals surface area contributed by atoms with Gasteiger partial charge in [0.25, 0.3) is 0 Å². The van der Waals surface area contributed by atoms with Gasteiger partial charge in [-0.05, 0) is 31.6 Å². The molecule has 1 aliphatic heterocycles. The third-order valence-electron chi connectivity index (χ3n) is 4.27. The molecule has 2 nitrogen and oxygen atoms in total. The second-order valence-electron chi connectivity index (χ2n) is 5.58. The Bertz CT molecular complexity index is 255. The number of hydrogen-bond acceptors (Lipinski definition) is 2. The van der Waals surface area contributed by atoms with Gasteiger partial charge in [-0.3, -0.25) is 4.90 Å². The van der Waals surface area contributed by atoms with Crippen LogP contribution in [0.4, 0.5) is 13.2 Å². The molecule has 0 aromatic heterocycles. The molecule has 0 aromatic carbocycles. The average molecular weight is 265 g/mol. The SMILES string of the molecule is CCC1CCC(N2CC(OCC(F)(F)F)C2)CC1. The van der Waals surface area contributed by atoms with Crippen LogP contribution >= 0.6 is 0 Å². The summed E-state index contributed by atoms with van der Waals surface area (Å²) in [4.78, 5) is 2.28. The minimum atomic E-state index is -4.19. The zero-order chi connectivity index (χ0) is 13.2. The smallest absolute Gasteiger partial charge is 0.366 e. The Balaban J connectivity index is 1.61. The maximum absolute atomic E-state index is 12.0. The van der Waals surface area contributed by atoms with Gasteiger partial charge < -0.3 is 4.74 Å². The van der Waals surface area contributed by atoms with Crippen LogP contribution in [0.15, 0.2) is 0 Å². The van der Waals surface area contributed by atoms with Crippen molar-refractivity contribution >= 4 is 0 Å². The van der Waals surface area contributed by atoms with Crippen molar-refractivity contribution in [3.8, 4) is 0 Å². The molecule has 0 radical (unpaired) electrons. The maximum Gasteiger partial charge on any atom is 0.411 e. The zero-order valence-electron chi connectivity index (χ0n) is 10.9. The molecule has 0 atom stereocenters. The molecule has 0 unspecified atom stereocenters. The fourth-order valence-corrected chi connectivity index (χ4v) is 3.00. The van der Waals surface area contributed by atoms with E-state index in [1.54, 1.807) is 0 Å². The van der Waals surface area contributed by atoms with Gasteiger partial charge in [-0.25, -0.2) is 0 Å². The highest BCUT2D eigenvalue weighted by Crippen LogP contribution is 2.32. The summed E-state index contributed by atoms with van der Waals surface area (Å²) in [6.45, 7) is 2.48. The Kier molecular flexibility index (Phi) is 4.54. The average Bonchev–Trinajstić information content (AvgIpc) is 2.26. The minimum absolute atomic E-state index is 0.212. The maximum atomic E-state index is 12.0. The van der Waals surface area contributed by atoms with E-state index in [2.05, 4.69) is 11.8 Å². The van der Waals surface area contributed by atoms with Crippen molar-refractivity contribution in [2.24, 2.45) is 5.92 Å². The van der Waals surface area contributed by atoms with Gasteiger partial charge in [0.1, 0.15) is 6.61 Å². The topological polar surface area (TPSA) is 12.5 Å². The molecular formula is C13H22F3NO. The normalized spacial score (nSPS) is 31.3. The van der Waals surface area contributed by atoms with Crippen LogP contribution in [0.2, 0.25) is 0 Å². The Morgan fingerprint density at radius 2 is 1.72 bits per heavy atom. The highest BCUT2D eigenvalue weighted by atomic mass is 19.4. The summed E-state index contributed by atoms with van der Waals surface area (Å²) in [7, 11) is 0. The summed E-state index contributed by atoms with van der Waals surface area (Å²) < 4.78 is 40.8. The van der Waals surface area contributed by atoms with Gasteiger partial charge in [-0.1, -0.05) is 13.3 Å². The van der Waals surface area contributed by atoms with E-state index in [4.69, 9.17) is 4.74 Å². The Morgan fingerprint density at radius 1 is 1.11 bits per heavy atom. The Labute approximate surface area is 106 Å². The van der Waals surface area contributed by atoms with Crippen molar-refractivity contribution in [3.05, 3.63) is 0 Å². The van der Waals surface area contributed by atoms with Crippen LogP contribution in [0, 0.1) is 5.92 Å². The lowest BCUT2D eigenvalue weighted by molar-refractivity contribution is -0.202. The standard InChI is InChI=1S/C13H22F3NO/c1-2-10-3-5-11(6-4-10)17-7-12(8-17)18-9-13(14,15)16/h10-12H,2-9H2,1H3. The van der Waals surface area contributed by atoms with Crippen molar-refractivity contribution < 1.29 is 17.9 Å². The highest BCUT2D eigenvalue weighted by Gasteiger charge is 2.37. The van der Waals surface area contributed by atoms with E-state index in [1.165, 1.54) is 32.1 Å². The predicted molar refractivity (Wildman–Crippen MR) is 63.4 cm³/mol. The van der Waals surface area contributed by atoms with Crippen LogP contribution in [0.3, 0.4) is 0 Å². The van der Waals surface area contributed by atoms with Crippen LogP contribution in [-0.2, 0) is 4.74 Å². The third-order valence-corrected chi connectivity index (χ3v) is 4.27. The summed E-state index contributed by atoms with van der Waals surface area (Å²) in [5, 5.41) is 0. The first-order valence-corrected chi connectivity index (χ1v) is 6.90. The van der Waals surface area contributed by atoms with Gasteiger partial charge in [0.05, 0.1) is 6.10 Å². The van der Waals surface area contributed by atoms with Crippen LogP contribution < -0.4 is 0 Å². The van der Waals surface area contributed by atoms with Crippen molar-refractivity contribution in [3.63, 3.8) is 0 Å². The molecule has 2 rings (SSSR count). The first-order valence-electron chi connectivity index (χ1n) is 6.90. The highest BCUT2D eigenvalue weighted by molar-refractivity contribution is 4.89. The number of rotatable bonds is 4. The molecule has 5 heteroatoms. The van der Waals surface area contributed by atoms with E-state index in [9.17, 15) is 13.2 Å². The molecule has 0 spiro atoms. The molecule has 1 aliphatic carbocycles. The van der Waals surface area contributed by atoms with E-state index in [0.29, 0.717) is 19.1 Å². The van der Waals surface area contributed by atoms with Crippen LogP contribution in [0.25, 0.3) is 0 Å². The molecule has 0 N–H and O–H groups in total. The largest absolute Gasteiger partial charge is 0.411 e. The third kappa shape index (κ3) is 3.85. The lowest BCUT2D eigenvalue weighted by Gasteiger charge is -2.46. The number of nitrogens with zero attached hydrogens (tertiary/aromatic N) is 1. The van der Waals surface area contributed by atoms with Crippen molar-refractivity contribution in [2.45, 2.75) is 57.3 Å². The van der Waals surface area contributed by atoms with Crippen LogP contribution in [0.5, 0.6) is 0 Å². The van der Waals surface area contributed by atoms with E-state index in [-0.39, 0.29) is 6.10 Å². The second kappa shape index (κ2) is 5.78. The monoisotopic (exact) mass is 265 g/mol. The van der Waals surface area contributed by atoms with E-state index < -0.39 is 12.8 Å². The van der Waals surface area contributed by atoms with Crippen molar-refractivity contribution in [1.82, 2.24) is 4.90 Å². The number of hydrogen-bond donors (Lipinski definition) is 0. The molecule has 1 heterocycles. The van der Waals surface area contributed by atoms with E-state index >= 15 is 0 Å². The van der Waals surface area contributed by atoms with Gasteiger partial charge in [0.2, 0.25) is 0 Å². The van der Waals surface area contributed by atoms with Gasteiger partial charge in [-0.2, -0.15) is 13.2 Å². The second-order valence-corrected chi connectivity index (χ2v) is 5.58. The summed E-state index contributed by atoms with van der Waals surface area (Å²) in [6, 6.07) is 0.582. The first kappa shape index (κ1) is 14.1. The molecule has 0 bridgehead atoms. The molecule has 106 valence electrons. The molecule has 18 heavy (non-hydrogen) atoms. The summed E-state index contributed by atoms with van der Waals surface area (Å²) in [5.74, 6) is 0.861. The fourth-order valence-electron chi connectivity index (χ4n) is 3.00. The molecule has 1 saturated heterocycles. The number of ether oxygens (including phenoxy) is 1. The molecule has 2 fully saturated rings. The quantitative estimate of drug-likeness (QED) is 0.774. The van der Waals surface area contributed by atoms with Crippen molar-refractivity contribution in [2.75, 3.05) is 19.7 Å². The van der Waals surface area contributed by atoms with E-state index in [1.807, 2.05) is 0 Å². The van der Waals surface area contributed by atoms with Crippen molar-refractivity contribution in [1.29, 1.82) is 0 Å². The summed E-state index contributed by atoms with van der Waals surface area (Å²) in [6.07, 6.45) is 1.78. The lowest BCUT2D eigenvalue weighted by atomic mass is 9.83. The molecule has 2 aliphatic rings. The summed E-state index contributed by atoms with van der Waals surface area (Å²) >= 11 is 0. The summed E-state index contributed by atoms with van der Waals surface area (Å²) in [5.41, 5.74) is 0. The molecular weight excluding hydrogens is 243 g/mol. The Morgan fingerprint density at radius 3 is 2.22 bits per heavy atom. The number of alkyl halides is 3. The molecule has 1 saturated carbocycles. The number of likely N-dealkylation sites (tertiary alicyclic amines) is 1. The minimum Gasteiger partial charge on any atom is -0.366 e. The molecule has 0 amide bonds. The van der Waals surface area contributed by atoms with Crippen LogP contribution in [0.1, 0.15) is 39.0 Å². The molecule has 0 aromatic rings. The van der Waals surface area contributed by atoms with E-state index in [0.717, 1.165) is 5.92 Å². The van der Waals surface area contributed by atoms with Crippen LogP contribution in [-0.4, -0.2) is 42.9 Å². The Hall–Kier alpha value is -0.290. The first-order chi connectivity index (χ1) is 8.48. The number of halogens is 3. The lowest BCUT2D eigenvalue weighted by Crippen LogP contribution is -2.57. The van der Waals surface area contributed by atoms with Gasteiger partial charge in [-0.15, -0.1) is 0 Å². The predicted octanol–water partition coefficient (Wildman–Crippen LogP) is 3.22. The van der Waals surface area contributed by atoms with Gasteiger partial charge in [0.15, 0.2) is 0 Å². The fraction of sp³-hybridized carbons (Fsp3) is 1.00. The van der Waals surface area contributed by atoms with Gasteiger partial charge in [0, 0.05) is 19.1 Å². The van der Waals surface area contributed by atoms with Gasteiger partial charge >= 0.3 is 6.18 Å². The zero-order valence-corrected chi connectivity index (χ0v) is 10.9.